The van der Waals surface area contributed by atoms with Gasteiger partial charge in [0, 0.05) is 38.8 Å². The van der Waals surface area contributed by atoms with Crippen LogP contribution in [0, 0.1) is 5.41 Å². The maximum Gasteiger partial charge on any atom is 0.320 e. The minimum Gasteiger partial charge on any atom is -0.481 e. The van der Waals surface area contributed by atoms with Gasteiger partial charge >= 0.3 is 12.0 Å². The molecule has 1 atom stereocenters. The quantitative estimate of drug-likeness (QED) is 0.786. The molecule has 3 aliphatic rings. The Morgan fingerprint density at radius 2 is 1.76 bits per heavy atom. The van der Waals surface area contributed by atoms with Crippen LogP contribution in [0.1, 0.15) is 32.6 Å². The topological polar surface area (TPSA) is 64.1 Å². The van der Waals surface area contributed by atoms with Crippen LogP contribution in [0.5, 0.6) is 0 Å². The van der Waals surface area contributed by atoms with Crippen LogP contribution in [0.3, 0.4) is 0 Å². The summed E-state index contributed by atoms with van der Waals surface area (Å²) in [6, 6.07) is 0.644. The Morgan fingerprint density at radius 1 is 1.05 bits per heavy atom. The molecule has 0 spiro atoms. The van der Waals surface area contributed by atoms with Gasteiger partial charge in [-0.25, -0.2) is 4.79 Å². The Morgan fingerprint density at radius 3 is 2.43 bits per heavy atom. The van der Waals surface area contributed by atoms with E-state index in [0.717, 1.165) is 19.6 Å². The third-order valence-electron chi connectivity index (χ3n) is 5.51. The lowest BCUT2D eigenvalue weighted by Crippen LogP contribution is -2.57. The normalized spacial score (nSPS) is 29.3. The Labute approximate surface area is 125 Å². The Balaban J connectivity index is 1.56. The van der Waals surface area contributed by atoms with Crippen molar-refractivity contribution < 1.29 is 14.7 Å². The predicted molar refractivity (Wildman–Crippen MR) is 78.1 cm³/mol. The van der Waals surface area contributed by atoms with Crippen molar-refractivity contribution >= 4 is 12.0 Å². The van der Waals surface area contributed by atoms with Gasteiger partial charge in [0.25, 0.3) is 0 Å². The van der Waals surface area contributed by atoms with Crippen LogP contribution in [-0.2, 0) is 4.79 Å². The third kappa shape index (κ3) is 2.73. The lowest BCUT2D eigenvalue weighted by atomic mass is 9.80. The Kier molecular flexibility index (Phi) is 3.82. The van der Waals surface area contributed by atoms with Crippen molar-refractivity contribution in [1.29, 1.82) is 0 Å². The molecule has 0 saturated carbocycles. The first-order valence-corrected chi connectivity index (χ1v) is 8.01. The average Bonchev–Trinajstić information content (AvgIpc) is 2.94. The van der Waals surface area contributed by atoms with Crippen LogP contribution in [0.25, 0.3) is 0 Å². The van der Waals surface area contributed by atoms with Gasteiger partial charge in [0.1, 0.15) is 0 Å². The largest absolute Gasteiger partial charge is 0.481 e. The zero-order valence-electron chi connectivity index (χ0n) is 12.8. The number of carbonyl (C=O) groups is 2. The lowest BCUT2D eigenvalue weighted by molar-refractivity contribution is -0.150. The van der Waals surface area contributed by atoms with E-state index in [1.165, 1.54) is 19.4 Å². The number of nitrogens with zero attached hydrogens (tertiary/aromatic N) is 3. The molecule has 0 aromatic carbocycles. The van der Waals surface area contributed by atoms with Crippen molar-refractivity contribution in [2.75, 3.05) is 39.3 Å². The van der Waals surface area contributed by atoms with Gasteiger partial charge in [0.15, 0.2) is 0 Å². The molecule has 0 radical (unpaired) electrons. The lowest BCUT2D eigenvalue weighted by Gasteiger charge is -2.42. The molecular weight excluding hydrogens is 270 g/mol. The summed E-state index contributed by atoms with van der Waals surface area (Å²) in [5, 5.41) is 9.25. The molecule has 3 fully saturated rings. The predicted octanol–water partition coefficient (Wildman–Crippen LogP) is 1.07. The molecule has 3 aliphatic heterocycles. The summed E-state index contributed by atoms with van der Waals surface area (Å²) in [7, 11) is 0. The standard InChI is InChI=1S/C15H25N3O3/c1-15(13(19)20)4-7-17(8-5-15)14(21)18-10-9-16-6-2-3-12(16)11-18/h12H,2-11H2,1H3,(H,19,20). The number of aliphatic carboxylic acids is 1. The first kappa shape index (κ1) is 14.6. The number of rotatable bonds is 1. The van der Waals surface area contributed by atoms with E-state index in [0.29, 0.717) is 32.0 Å². The number of piperidine rings is 1. The van der Waals surface area contributed by atoms with E-state index in [1.807, 2.05) is 9.80 Å². The summed E-state index contributed by atoms with van der Waals surface area (Å²) < 4.78 is 0. The van der Waals surface area contributed by atoms with E-state index in [2.05, 4.69) is 4.90 Å². The number of hydrogen-bond acceptors (Lipinski definition) is 3. The zero-order valence-corrected chi connectivity index (χ0v) is 12.8. The highest BCUT2D eigenvalue weighted by Gasteiger charge is 2.40. The summed E-state index contributed by atoms with van der Waals surface area (Å²) in [6.07, 6.45) is 3.54. The number of amides is 2. The van der Waals surface area contributed by atoms with Gasteiger partial charge in [-0.15, -0.1) is 0 Å². The molecule has 0 bridgehead atoms. The van der Waals surface area contributed by atoms with Gasteiger partial charge in [-0.2, -0.15) is 0 Å². The molecule has 21 heavy (non-hydrogen) atoms. The Hall–Kier alpha value is -1.30. The average molecular weight is 295 g/mol. The third-order valence-corrected chi connectivity index (χ3v) is 5.51. The van der Waals surface area contributed by atoms with Crippen molar-refractivity contribution in [3.8, 4) is 0 Å². The number of piperazine rings is 1. The second kappa shape index (κ2) is 5.48. The van der Waals surface area contributed by atoms with Crippen LogP contribution < -0.4 is 0 Å². The van der Waals surface area contributed by atoms with Gasteiger partial charge in [0.05, 0.1) is 5.41 Å². The molecule has 3 heterocycles. The summed E-state index contributed by atoms with van der Waals surface area (Å²) >= 11 is 0. The highest BCUT2D eigenvalue weighted by Crippen LogP contribution is 2.32. The van der Waals surface area contributed by atoms with Crippen molar-refractivity contribution in [1.82, 2.24) is 14.7 Å². The maximum atomic E-state index is 12.6. The minimum atomic E-state index is -0.742. The van der Waals surface area contributed by atoms with E-state index in [9.17, 15) is 14.7 Å². The highest BCUT2D eigenvalue weighted by atomic mass is 16.4. The molecule has 3 saturated heterocycles. The molecule has 0 aromatic rings. The Bertz CT molecular complexity index is 432. The van der Waals surface area contributed by atoms with Gasteiger partial charge in [-0.1, -0.05) is 0 Å². The summed E-state index contributed by atoms with van der Waals surface area (Å²) in [5.74, 6) is -0.742. The molecule has 6 heteroatoms. The maximum absolute atomic E-state index is 12.6. The van der Waals surface area contributed by atoms with E-state index in [4.69, 9.17) is 0 Å². The minimum absolute atomic E-state index is 0.106. The number of carboxylic acid groups (broad SMARTS) is 1. The summed E-state index contributed by atoms with van der Waals surface area (Å²) in [4.78, 5) is 30.2. The first-order chi connectivity index (χ1) is 9.99. The molecule has 3 rings (SSSR count). The summed E-state index contributed by atoms with van der Waals surface area (Å²) in [5.41, 5.74) is -0.666. The van der Waals surface area contributed by atoms with Crippen LogP contribution >= 0.6 is 0 Å². The first-order valence-electron chi connectivity index (χ1n) is 8.01. The molecule has 6 nitrogen and oxygen atoms in total. The van der Waals surface area contributed by atoms with Gasteiger partial charge in [0.2, 0.25) is 0 Å². The number of carboxylic acids is 1. The fourth-order valence-corrected chi connectivity index (χ4v) is 3.77. The smallest absolute Gasteiger partial charge is 0.320 e. The van der Waals surface area contributed by atoms with Gasteiger partial charge < -0.3 is 14.9 Å². The van der Waals surface area contributed by atoms with Crippen molar-refractivity contribution in [2.45, 2.75) is 38.6 Å². The number of carbonyl (C=O) groups excluding carboxylic acids is 1. The van der Waals surface area contributed by atoms with Crippen LogP contribution in [0.4, 0.5) is 4.79 Å². The monoisotopic (exact) mass is 295 g/mol. The molecule has 1 N–H and O–H groups in total. The van der Waals surface area contributed by atoms with E-state index >= 15 is 0 Å². The molecule has 118 valence electrons. The van der Waals surface area contributed by atoms with Gasteiger partial charge in [-0.3, -0.25) is 9.69 Å². The molecule has 1 unspecified atom stereocenters. The van der Waals surface area contributed by atoms with E-state index in [1.54, 1.807) is 6.92 Å². The van der Waals surface area contributed by atoms with Crippen molar-refractivity contribution in [3.05, 3.63) is 0 Å². The molecule has 0 aliphatic carbocycles. The van der Waals surface area contributed by atoms with Crippen LogP contribution in [0.2, 0.25) is 0 Å². The SMILES string of the molecule is CC1(C(=O)O)CCN(C(=O)N2CCN3CCCC3C2)CC1. The van der Waals surface area contributed by atoms with Gasteiger partial charge in [-0.05, 0) is 39.2 Å². The van der Waals surface area contributed by atoms with Crippen molar-refractivity contribution in [2.24, 2.45) is 5.41 Å². The molecule has 0 aromatic heterocycles. The van der Waals surface area contributed by atoms with Crippen molar-refractivity contribution in [3.63, 3.8) is 0 Å². The number of urea groups is 1. The summed E-state index contributed by atoms with van der Waals surface area (Å²) in [6.45, 7) is 6.71. The zero-order chi connectivity index (χ0) is 15.0. The second-order valence-corrected chi connectivity index (χ2v) is 6.91. The number of hydrogen-bond donors (Lipinski definition) is 1. The number of fused-ring (bicyclic) bond motifs is 1. The van der Waals surface area contributed by atoms with Crippen LogP contribution in [-0.4, -0.2) is 77.1 Å². The van der Waals surface area contributed by atoms with E-state index in [-0.39, 0.29) is 6.03 Å². The number of likely N-dealkylation sites (tertiary alicyclic amines) is 1. The van der Waals surface area contributed by atoms with Crippen LogP contribution in [0.15, 0.2) is 0 Å². The highest BCUT2D eigenvalue weighted by molar-refractivity contribution is 5.77. The van der Waals surface area contributed by atoms with E-state index < -0.39 is 11.4 Å². The molecular formula is C15H25N3O3. The fourth-order valence-electron chi connectivity index (χ4n) is 3.77. The second-order valence-electron chi connectivity index (χ2n) is 6.91. The fraction of sp³-hybridized carbons (Fsp3) is 0.867. The molecule has 2 amide bonds.